The van der Waals surface area contributed by atoms with E-state index in [1.54, 1.807) is 24.3 Å². The molecule has 9 nitrogen and oxygen atoms in total. The van der Waals surface area contributed by atoms with Crippen LogP contribution in [-0.2, 0) is 4.79 Å². The number of nitrogens with one attached hydrogen (secondary N) is 3. The SMILES string of the molecule is O=C(NCCCN1CCCC1=O)c1ccc(N2CCNCC2)c(NC(=O)c2ccco2)c1. The Morgan fingerprint density at radius 3 is 2.66 bits per heavy atom. The first kappa shape index (κ1) is 21.9. The average molecular weight is 440 g/mol. The van der Waals surface area contributed by atoms with Gasteiger partial charge in [-0.25, -0.2) is 0 Å². The molecule has 0 radical (unpaired) electrons. The number of furan rings is 1. The second-order valence-electron chi connectivity index (χ2n) is 7.99. The molecule has 2 aliphatic heterocycles. The summed E-state index contributed by atoms with van der Waals surface area (Å²) in [6.07, 6.45) is 3.69. The van der Waals surface area contributed by atoms with Gasteiger partial charge in [0.15, 0.2) is 5.76 Å². The molecule has 2 fully saturated rings. The number of amides is 3. The molecule has 3 heterocycles. The van der Waals surface area contributed by atoms with Gasteiger partial charge in [0.1, 0.15) is 0 Å². The summed E-state index contributed by atoms with van der Waals surface area (Å²) in [5, 5.41) is 9.12. The van der Waals surface area contributed by atoms with E-state index in [1.165, 1.54) is 6.26 Å². The Morgan fingerprint density at radius 1 is 1.09 bits per heavy atom. The van der Waals surface area contributed by atoms with E-state index >= 15 is 0 Å². The molecule has 0 unspecified atom stereocenters. The maximum Gasteiger partial charge on any atom is 0.291 e. The second kappa shape index (κ2) is 10.3. The van der Waals surface area contributed by atoms with Crippen molar-refractivity contribution >= 4 is 29.1 Å². The zero-order valence-corrected chi connectivity index (χ0v) is 18.1. The highest BCUT2D eigenvalue weighted by Crippen LogP contribution is 2.28. The number of likely N-dealkylation sites (tertiary alicyclic amines) is 1. The van der Waals surface area contributed by atoms with Crippen LogP contribution in [-0.4, -0.2) is 68.4 Å². The Kier molecular flexibility index (Phi) is 7.06. The molecule has 32 heavy (non-hydrogen) atoms. The topological polar surface area (TPSA) is 107 Å². The van der Waals surface area contributed by atoms with E-state index in [2.05, 4.69) is 20.9 Å². The first-order valence-corrected chi connectivity index (χ1v) is 11.1. The summed E-state index contributed by atoms with van der Waals surface area (Å²) in [5.74, 6) is -0.170. The molecule has 2 saturated heterocycles. The summed E-state index contributed by atoms with van der Waals surface area (Å²) in [6.45, 7) is 5.27. The molecule has 9 heteroatoms. The molecule has 0 saturated carbocycles. The third-order valence-corrected chi connectivity index (χ3v) is 5.77. The molecule has 3 N–H and O–H groups in total. The van der Waals surface area contributed by atoms with Gasteiger partial charge in [-0.3, -0.25) is 14.4 Å². The third-order valence-electron chi connectivity index (χ3n) is 5.77. The smallest absolute Gasteiger partial charge is 0.291 e. The van der Waals surface area contributed by atoms with E-state index in [-0.39, 0.29) is 23.5 Å². The van der Waals surface area contributed by atoms with Gasteiger partial charge in [0.2, 0.25) is 5.91 Å². The van der Waals surface area contributed by atoms with Crippen molar-refractivity contribution in [1.29, 1.82) is 0 Å². The highest BCUT2D eigenvalue weighted by molar-refractivity contribution is 6.05. The Balaban J connectivity index is 1.42. The van der Waals surface area contributed by atoms with Gasteiger partial charge in [0.05, 0.1) is 17.6 Å². The van der Waals surface area contributed by atoms with E-state index in [0.717, 1.165) is 44.8 Å². The first-order chi connectivity index (χ1) is 15.6. The van der Waals surface area contributed by atoms with E-state index < -0.39 is 0 Å². The fourth-order valence-electron chi connectivity index (χ4n) is 4.06. The monoisotopic (exact) mass is 439 g/mol. The van der Waals surface area contributed by atoms with Crippen molar-refractivity contribution in [2.45, 2.75) is 19.3 Å². The number of hydrogen-bond acceptors (Lipinski definition) is 6. The van der Waals surface area contributed by atoms with Gasteiger partial charge in [-0.15, -0.1) is 0 Å². The van der Waals surface area contributed by atoms with Crippen LogP contribution < -0.4 is 20.9 Å². The predicted molar refractivity (Wildman–Crippen MR) is 121 cm³/mol. The van der Waals surface area contributed by atoms with Crippen molar-refractivity contribution in [2.24, 2.45) is 0 Å². The molecule has 170 valence electrons. The second-order valence-corrected chi connectivity index (χ2v) is 7.99. The highest BCUT2D eigenvalue weighted by atomic mass is 16.3. The average Bonchev–Trinajstić information content (AvgIpc) is 3.49. The van der Waals surface area contributed by atoms with Crippen LogP contribution in [0.2, 0.25) is 0 Å². The Morgan fingerprint density at radius 2 is 1.94 bits per heavy atom. The standard InChI is InChI=1S/C23H29N5O4/c29-21-5-1-11-28(21)12-3-8-25-22(30)17-6-7-19(27-13-9-24-10-14-27)18(16-17)26-23(31)20-4-2-15-32-20/h2,4,6-7,15-16,24H,1,3,5,8-14H2,(H,25,30)(H,26,31). The zero-order chi connectivity index (χ0) is 22.3. The number of hydrogen-bond donors (Lipinski definition) is 3. The molecule has 1 aromatic heterocycles. The zero-order valence-electron chi connectivity index (χ0n) is 18.1. The lowest BCUT2D eigenvalue weighted by molar-refractivity contribution is -0.127. The summed E-state index contributed by atoms with van der Waals surface area (Å²) in [7, 11) is 0. The number of carbonyl (C=O) groups excluding carboxylic acids is 3. The molecule has 3 amide bonds. The molecule has 0 spiro atoms. The van der Waals surface area contributed by atoms with Crippen molar-refractivity contribution < 1.29 is 18.8 Å². The van der Waals surface area contributed by atoms with Gasteiger partial charge in [-0.2, -0.15) is 0 Å². The summed E-state index contributed by atoms with van der Waals surface area (Å²) in [5.41, 5.74) is 1.91. The predicted octanol–water partition coefficient (Wildman–Crippen LogP) is 1.68. The van der Waals surface area contributed by atoms with Crippen LogP contribution in [0, 0.1) is 0 Å². The lowest BCUT2D eigenvalue weighted by Gasteiger charge is -2.31. The minimum Gasteiger partial charge on any atom is -0.459 e. The normalized spacial score (nSPS) is 16.3. The molecular weight excluding hydrogens is 410 g/mol. The van der Waals surface area contributed by atoms with Crippen molar-refractivity contribution in [3.05, 3.63) is 47.9 Å². The molecule has 2 aromatic rings. The lowest BCUT2D eigenvalue weighted by Crippen LogP contribution is -2.43. The maximum atomic E-state index is 12.7. The highest BCUT2D eigenvalue weighted by Gasteiger charge is 2.21. The van der Waals surface area contributed by atoms with Gasteiger partial charge in [0.25, 0.3) is 11.8 Å². The van der Waals surface area contributed by atoms with Crippen molar-refractivity contribution in [3.8, 4) is 0 Å². The van der Waals surface area contributed by atoms with Crippen LogP contribution in [0.5, 0.6) is 0 Å². The molecule has 0 aliphatic carbocycles. The van der Waals surface area contributed by atoms with E-state index in [0.29, 0.717) is 37.2 Å². The van der Waals surface area contributed by atoms with Crippen LogP contribution >= 0.6 is 0 Å². The van der Waals surface area contributed by atoms with Crippen LogP contribution in [0.15, 0.2) is 41.0 Å². The van der Waals surface area contributed by atoms with Gasteiger partial charge in [0, 0.05) is 57.8 Å². The van der Waals surface area contributed by atoms with E-state index in [1.807, 2.05) is 11.0 Å². The van der Waals surface area contributed by atoms with Crippen LogP contribution in [0.3, 0.4) is 0 Å². The van der Waals surface area contributed by atoms with Crippen LogP contribution in [0.1, 0.15) is 40.2 Å². The molecular formula is C23H29N5O4. The first-order valence-electron chi connectivity index (χ1n) is 11.1. The fraction of sp³-hybridized carbons (Fsp3) is 0.435. The molecule has 2 aliphatic rings. The van der Waals surface area contributed by atoms with E-state index in [4.69, 9.17) is 4.42 Å². The lowest BCUT2D eigenvalue weighted by atomic mass is 10.1. The summed E-state index contributed by atoms with van der Waals surface area (Å²) in [6, 6.07) is 8.62. The van der Waals surface area contributed by atoms with Gasteiger partial charge in [-0.1, -0.05) is 0 Å². The largest absolute Gasteiger partial charge is 0.459 e. The number of piperazine rings is 1. The Bertz CT molecular complexity index is 953. The van der Waals surface area contributed by atoms with Gasteiger partial charge >= 0.3 is 0 Å². The van der Waals surface area contributed by atoms with Crippen LogP contribution in [0.25, 0.3) is 0 Å². The summed E-state index contributed by atoms with van der Waals surface area (Å²) in [4.78, 5) is 41.0. The fourth-order valence-corrected chi connectivity index (χ4v) is 4.06. The summed E-state index contributed by atoms with van der Waals surface area (Å²) >= 11 is 0. The number of nitrogens with zero attached hydrogens (tertiary/aromatic N) is 2. The molecule has 0 bridgehead atoms. The number of rotatable bonds is 8. The van der Waals surface area contributed by atoms with Crippen LogP contribution in [0.4, 0.5) is 11.4 Å². The van der Waals surface area contributed by atoms with Crippen molar-refractivity contribution in [2.75, 3.05) is 56.0 Å². The van der Waals surface area contributed by atoms with E-state index in [9.17, 15) is 14.4 Å². The third kappa shape index (κ3) is 5.28. The quantitative estimate of drug-likeness (QED) is 0.541. The van der Waals surface area contributed by atoms with Gasteiger partial charge in [-0.05, 0) is 43.2 Å². The minimum absolute atomic E-state index is 0.191. The number of anilines is 2. The van der Waals surface area contributed by atoms with Gasteiger partial charge < -0.3 is 30.2 Å². The molecule has 0 atom stereocenters. The Hall–Kier alpha value is -3.33. The summed E-state index contributed by atoms with van der Waals surface area (Å²) < 4.78 is 5.20. The van der Waals surface area contributed by atoms with Crippen molar-refractivity contribution in [1.82, 2.24) is 15.5 Å². The number of carbonyl (C=O) groups is 3. The van der Waals surface area contributed by atoms with Crippen molar-refractivity contribution in [3.63, 3.8) is 0 Å². The molecule has 1 aromatic carbocycles. The number of benzene rings is 1. The Labute approximate surface area is 187 Å². The maximum absolute atomic E-state index is 12.7. The molecule has 4 rings (SSSR count). The minimum atomic E-state index is -0.362.